The smallest absolute Gasteiger partial charge is 0.191 e. The molecule has 2 aromatic rings. The molecule has 5 nitrogen and oxygen atoms in total. The minimum Gasteiger partial charge on any atom is -0.449 e. The van der Waals surface area contributed by atoms with Gasteiger partial charge in [0.1, 0.15) is 17.7 Å². The molecule has 5 heteroatoms. The Morgan fingerprint density at radius 3 is 2.83 bits per heavy atom. The fourth-order valence-corrected chi connectivity index (χ4v) is 0.859. The highest BCUT2D eigenvalue weighted by atomic mass is 16.3. The molecule has 60 valence electrons. The Bertz CT molecular complexity index is 370. The van der Waals surface area contributed by atoms with Crippen molar-refractivity contribution in [3.8, 4) is 11.4 Å². The van der Waals surface area contributed by atoms with E-state index in [2.05, 4.69) is 20.4 Å². The van der Waals surface area contributed by atoms with E-state index in [1.807, 2.05) is 0 Å². The molecule has 0 fully saturated rings. The average Bonchev–Trinajstić information content (AvgIpc) is 2.54. The number of nitrogens with zero attached hydrogens (tertiary/aromatic N) is 4. The molecular weight excluding hydrogens is 156 g/mol. The Kier molecular flexibility index (Phi) is 1.55. The van der Waals surface area contributed by atoms with E-state index in [0.717, 1.165) is 0 Å². The minimum absolute atomic E-state index is 0.614. The van der Waals surface area contributed by atoms with E-state index >= 15 is 0 Å². The van der Waals surface area contributed by atoms with Crippen LogP contribution in [0.3, 0.4) is 0 Å². The highest BCUT2D eigenvalue weighted by molar-refractivity contribution is 5.50. The van der Waals surface area contributed by atoms with E-state index in [-0.39, 0.29) is 0 Å². The summed E-state index contributed by atoms with van der Waals surface area (Å²) in [6, 6.07) is 1.73. The minimum atomic E-state index is 0.614. The maximum atomic E-state index is 5.02. The molecule has 0 N–H and O–H groups in total. The molecule has 0 spiro atoms. The van der Waals surface area contributed by atoms with Gasteiger partial charge in [0.05, 0.1) is 6.20 Å². The van der Waals surface area contributed by atoms with Crippen LogP contribution in [0.25, 0.3) is 11.4 Å². The molecule has 0 saturated heterocycles. The first-order chi connectivity index (χ1) is 5.86. The SMILES string of the molecule is Cc1nc(-c2ccnnn2)co1. The lowest BCUT2D eigenvalue weighted by atomic mass is 10.3. The van der Waals surface area contributed by atoms with Crippen molar-refractivity contribution in [3.63, 3.8) is 0 Å². The third-order valence-corrected chi connectivity index (χ3v) is 1.38. The predicted octanol–water partition coefficient (Wildman–Crippen LogP) is 0.835. The van der Waals surface area contributed by atoms with Crippen LogP contribution in [-0.2, 0) is 0 Å². The number of rotatable bonds is 1. The second-order valence-corrected chi connectivity index (χ2v) is 2.26. The maximum Gasteiger partial charge on any atom is 0.191 e. The second-order valence-electron chi connectivity index (χ2n) is 2.26. The van der Waals surface area contributed by atoms with Crippen molar-refractivity contribution in [2.24, 2.45) is 0 Å². The summed E-state index contributed by atoms with van der Waals surface area (Å²) in [5, 5.41) is 10.8. The highest BCUT2D eigenvalue weighted by Crippen LogP contribution is 2.13. The first-order valence-corrected chi connectivity index (χ1v) is 3.43. The van der Waals surface area contributed by atoms with E-state index in [1.165, 1.54) is 0 Å². The van der Waals surface area contributed by atoms with Crippen molar-refractivity contribution in [2.75, 3.05) is 0 Å². The summed E-state index contributed by atoms with van der Waals surface area (Å²) in [5.41, 5.74) is 1.35. The zero-order valence-corrected chi connectivity index (χ0v) is 6.43. The van der Waals surface area contributed by atoms with Crippen LogP contribution in [0.15, 0.2) is 22.9 Å². The van der Waals surface area contributed by atoms with Gasteiger partial charge in [-0.15, -0.1) is 10.2 Å². The molecule has 2 aromatic heterocycles. The number of oxazole rings is 1. The molecule has 0 aliphatic carbocycles. The lowest BCUT2D eigenvalue weighted by Gasteiger charge is -1.88. The fraction of sp³-hybridized carbons (Fsp3) is 0.143. The van der Waals surface area contributed by atoms with Gasteiger partial charge < -0.3 is 4.42 Å². The van der Waals surface area contributed by atoms with E-state index in [9.17, 15) is 0 Å². The standard InChI is InChI=1S/C7H6N4O/c1-5-9-7(4-12-5)6-2-3-8-11-10-6/h2-4H,1H3. The maximum absolute atomic E-state index is 5.02. The Hall–Kier alpha value is -1.78. The van der Waals surface area contributed by atoms with E-state index < -0.39 is 0 Å². The summed E-state index contributed by atoms with van der Waals surface area (Å²) in [6.07, 6.45) is 3.10. The molecule has 2 heterocycles. The zero-order chi connectivity index (χ0) is 8.39. The molecule has 0 aliphatic rings. The van der Waals surface area contributed by atoms with Crippen molar-refractivity contribution in [1.29, 1.82) is 0 Å². The number of hydrogen-bond donors (Lipinski definition) is 0. The van der Waals surface area contributed by atoms with E-state index in [1.54, 1.807) is 25.5 Å². The molecule has 0 amide bonds. The largest absolute Gasteiger partial charge is 0.449 e. The predicted molar refractivity (Wildman–Crippen MR) is 40.1 cm³/mol. The van der Waals surface area contributed by atoms with Crippen molar-refractivity contribution < 1.29 is 4.42 Å². The topological polar surface area (TPSA) is 64.7 Å². The van der Waals surface area contributed by atoms with E-state index in [4.69, 9.17) is 4.42 Å². The van der Waals surface area contributed by atoms with Crippen LogP contribution >= 0.6 is 0 Å². The number of aromatic nitrogens is 4. The van der Waals surface area contributed by atoms with Crippen LogP contribution in [0.2, 0.25) is 0 Å². The van der Waals surface area contributed by atoms with Crippen molar-refractivity contribution in [1.82, 2.24) is 20.4 Å². The van der Waals surface area contributed by atoms with Gasteiger partial charge >= 0.3 is 0 Å². The van der Waals surface area contributed by atoms with Gasteiger partial charge in [-0.25, -0.2) is 4.98 Å². The van der Waals surface area contributed by atoms with Crippen molar-refractivity contribution in [3.05, 3.63) is 24.4 Å². The summed E-state index contributed by atoms with van der Waals surface area (Å²) < 4.78 is 5.02. The average molecular weight is 162 g/mol. The third-order valence-electron chi connectivity index (χ3n) is 1.38. The summed E-state index contributed by atoms with van der Waals surface area (Å²) >= 11 is 0. The van der Waals surface area contributed by atoms with Crippen molar-refractivity contribution in [2.45, 2.75) is 6.92 Å². The second kappa shape index (κ2) is 2.69. The quantitative estimate of drug-likeness (QED) is 0.621. The zero-order valence-electron chi connectivity index (χ0n) is 6.43. The van der Waals surface area contributed by atoms with Crippen LogP contribution in [0.4, 0.5) is 0 Å². The van der Waals surface area contributed by atoms with Gasteiger partial charge in [0.2, 0.25) is 0 Å². The summed E-state index contributed by atoms with van der Waals surface area (Å²) in [5.74, 6) is 0.614. The Morgan fingerprint density at radius 2 is 2.25 bits per heavy atom. The van der Waals surface area contributed by atoms with Gasteiger partial charge in [-0.3, -0.25) is 0 Å². The highest BCUT2D eigenvalue weighted by Gasteiger charge is 2.03. The number of aryl methyl sites for hydroxylation is 1. The third kappa shape index (κ3) is 1.16. The first-order valence-electron chi connectivity index (χ1n) is 3.43. The Labute approximate surface area is 68.5 Å². The van der Waals surface area contributed by atoms with Crippen molar-refractivity contribution >= 4 is 0 Å². The van der Waals surface area contributed by atoms with Crippen LogP contribution in [0, 0.1) is 6.92 Å². The molecule has 0 atom stereocenters. The first kappa shape index (κ1) is 6.90. The summed E-state index contributed by atoms with van der Waals surface area (Å²) in [6.45, 7) is 1.78. The van der Waals surface area contributed by atoms with Gasteiger partial charge in [-0.05, 0) is 11.3 Å². The Morgan fingerprint density at radius 1 is 1.33 bits per heavy atom. The van der Waals surface area contributed by atoms with Gasteiger partial charge in [0, 0.05) is 6.92 Å². The van der Waals surface area contributed by atoms with Crippen LogP contribution in [0.5, 0.6) is 0 Å². The molecule has 0 aliphatic heterocycles. The summed E-state index contributed by atoms with van der Waals surface area (Å²) in [4.78, 5) is 4.08. The molecule has 0 unspecified atom stereocenters. The molecule has 0 radical (unpaired) electrons. The van der Waals surface area contributed by atoms with Gasteiger partial charge in [0.15, 0.2) is 5.89 Å². The van der Waals surface area contributed by atoms with E-state index in [0.29, 0.717) is 17.3 Å². The van der Waals surface area contributed by atoms with Gasteiger partial charge in [-0.2, -0.15) is 0 Å². The van der Waals surface area contributed by atoms with Crippen LogP contribution in [0.1, 0.15) is 5.89 Å². The van der Waals surface area contributed by atoms with Crippen LogP contribution < -0.4 is 0 Å². The molecule has 2 rings (SSSR count). The molecule has 0 saturated carbocycles. The normalized spacial score (nSPS) is 10.1. The lowest BCUT2D eigenvalue weighted by molar-refractivity contribution is 0.521. The lowest BCUT2D eigenvalue weighted by Crippen LogP contribution is -1.88. The monoisotopic (exact) mass is 162 g/mol. The van der Waals surface area contributed by atoms with Gasteiger partial charge in [-0.1, -0.05) is 0 Å². The number of hydrogen-bond acceptors (Lipinski definition) is 5. The molecule has 12 heavy (non-hydrogen) atoms. The van der Waals surface area contributed by atoms with Gasteiger partial charge in [0.25, 0.3) is 0 Å². The Balaban J connectivity index is 2.45. The van der Waals surface area contributed by atoms with Crippen LogP contribution in [-0.4, -0.2) is 20.4 Å². The fourth-order valence-electron chi connectivity index (χ4n) is 0.859. The molecule has 0 aromatic carbocycles. The summed E-state index contributed by atoms with van der Waals surface area (Å²) in [7, 11) is 0. The molecular formula is C7H6N4O. The molecule has 0 bridgehead atoms.